The largest absolute Gasteiger partial charge is 0.416 e. The average Bonchev–Trinajstić information content (AvgIpc) is 2.86. The smallest absolute Gasteiger partial charge is 0.355 e. The number of alkyl halides is 3. The summed E-state index contributed by atoms with van der Waals surface area (Å²) in [6, 6.07) is 5.06. The molecule has 1 saturated heterocycles. The highest BCUT2D eigenvalue weighted by Gasteiger charge is 2.36. The zero-order valence-electron chi connectivity index (χ0n) is 14.6. The van der Waals surface area contributed by atoms with Gasteiger partial charge in [0.15, 0.2) is 0 Å². The fourth-order valence-electron chi connectivity index (χ4n) is 3.01. The van der Waals surface area contributed by atoms with Crippen molar-refractivity contribution >= 4 is 11.8 Å². The predicted octanol–water partition coefficient (Wildman–Crippen LogP) is 3.01. The predicted molar refractivity (Wildman–Crippen MR) is 87.7 cm³/mol. The van der Waals surface area contributed by atoms with E-state index in [2.05, 4.69) is 5.32 Å². The third-order valence-electron chi connectivity index (χ3n) is 4.28. The van der Waals surface area contributed by atoms with Gasteiger partial charge in [-0.15, -0.1) is 0 Å². The minimum atomic E-state index is -4.48. The molecule has 0 radical (unpaired) electrons. The minimum Gasteiger partial charge on any atom is -0.355 e. The van der Waals surface area contributed by atoms with Gasteiger partial charge in [0.25, 0.3) is 0 Å². The fraction of sp³-hybridized carbons (Fsp3) is 0.556. The molecule has 2 rings (SSSR count). The van der Waals surface area contributed by atoms with Gasteiger partial charge in [-0.05, 0) is 32.4 Å². The maximum atomic E-state index is 13.0. The van der Waals surface area contributed by atoms with Crippen molar-refractivity contribution in [3.8, 4) is 0 Å². The summed E-state index contributed by atoms with van der Waals surface area (Å²) in [4.78, 5) is 25.8. The van der Waals surface area contributed by atoms with Crippen LogP contribution in [0.15, 0.2) is 24.3 Å². The summed E-state index contributed by atoms with van der Waals surface area (Å²) >= 11 is 0. The number of carbonyl (C=O) groups is 2. The minimum absolute atomic E-state index is 0.0199. The molecule has 1 aliphatic heterocycles. The zero-order valence-corrected chi connectivity index (χ0v) is 14.6. The van der Waals surface area contributed by atoms with E-state index < -0.39 is 17.6 Å². The van der Waals surface area contributed by atoms with Gasteiger partial charge in [-0.25, -0.2) is 0 Å². The molecule has 1 fully saturated rings. The molecule has 0 spiro atoms. The van der Waals surface area contributed by atoms with Gasteiger partial charge in [0.05, 0.1) is 12.0 Å². The normalized spacial score (nSPS) is 18.6. The lowest BCUT2D eigenvalue weighted by Crippen LogP contribution is -2.42. The summed E-state index contributed by atoms with van der Waals surface area (Å²) in [7, 11) is 0. The van der Waals surface area contributed by atoms with Crippen molar-refractivity contribution in [1.29, 1.82) is 0 Å². The standard InChI is InChI=1S/C18H23F3N2O2/c1-17(2,3)23-11-12(8-16(23)25)10-22-15(24)9-13-6-4-5-7-14(13)18(19,20)21/h4-7,12H,8-11H2,1-3H3,(H,22,24)/t12-/m0/s1. The summed E-state index contributed by atoms with van der Waals surface area (Å²) in [5, 5.41) is 2.66. The molecule has 1 aromatic rings. The summed E-state index contributed by atoms with van der Waals surface area (Å²) < 4.78 is 38.9. The third kappa shape index (κ3) is 4.96. The molecule has 2 amide bonds. The van der Waals surface area contributed by atoms with Crippen molar-refractivity contribution in [1.82, 2.24) is 10.2 Å². The van der Waals surface area contributed by atoms with Crippen molar-refractivity contribution in [3.05, 3.63) is 35.4 Å². The highest BCUT2D eigenvalue weighted by Crippen LogP contribution is 2.32. The number of nitrogens with zero attached hydrogens (tertiary/aromatic N) is 1. The number of likely N-dealkylation sites (tertiary alicyclic amines) is 1. The van der Waals surface area contributed by atoms with Gasteiger partial charge in [-0.3, -0.25) is 9.59 Å². The molecule has 1 atom stereocenters. The Morgan fingerprint density at radius 2 is 1.88 bits per heavy atom. The van der Waals surface area contributed by atoms with Crippen LogP contribution >= 0.6 is 0 Å². The molecule has 1 aromatic carbocycles. The molecule has 0 aliphatic carbocycles. The Kier molecular flexibility index (Phi) is 5.44. The molecule has 7 heteroatoms. The number of rotatable bonds is 4. The van der Waals surface area contributed by atoms with Gasteiger partial charge >= 0.3 is 6.18 Å². The zero-order chi connectivity index (χ0) is 18.8. The number of benzene rings is 1. The Hall–Kier alpha value is -2.05. The van der Waals surface area contributed by atoms with Crippen molar-refractivity contribution in [2.45, 2.75) is 45.3 Å². The van der Waals surface area contributed by atoms with Crippen molar-refractivity contribution < 1.29 is 22.8 Å². The lowest BCUT2D eigenvalue weighted by atomic mass is 10.0. The van der Waals surface area contributed by atoms with Crippen LogP contribution in [0, 0.1) is 5.92 Å². The quantitative estimate of drug-likeness (QED) is 0.902. The maximum absolute atomic E-state index is 13.0. The topological polar surface area (TPSA) is 49.4 Å². The van der Waals surface area contributed by atoms with Gasteiger partial charge in [0, 0.05) is 31.0 Å². The molecule has 4 nitrogen and oxygen atoms in total. The van der Waals surface area contributed by atoms with Crippen LogP contribution in [-0.4, -0.2) is 35.3 Å². The van der Waals surface area contributed by atoms with E-state index in [1.54, 1.807) is 4.90 Å². The second-order valence-corrected chi connectivity index (χ2v) is 7.38. The van der Waals surface area contributed by atoms with Crippen molar-refractivity contribution in [2.24, 2.45) is 5.92 Å². The van der Waals surface area contributed by atoms with Crippen LogP contribution in [0.5, 0.6) is 0 Å². The molecule has 138 valence electrons. The number of nitrogens with one attached hydrogen (secondary N) is 1. The Labute approximate surface area is 145 Å². The molecule has 0 saturated carbocycles. The van der Waals surface area contributed by atoms with Crippen LogP contribution in [0.1, 0.15) is 38.3 Å². The van der Waals surface area contributed by atoms with Crippen LogP contribution in [0.25, 0.3) is 0 Å². The van der Waals surface area contributed by atoms with E-state index in [-0.39, 0.29) is 35.9 Å². The first kappa shape index (κ1) is 19.3. The number of hydrogen-bond donors (Lipinski definition) is 1. The second-order valence-electron chi connectivity index (χ2n) is 7.38. The number of carbonyl (C=O) groups excluding carboxylic acids is 2. The first-order valence-electron chi connectivity index (χ1n) is 8.20. The summed E-state index contributed by atoms with van der Waals surface area (Å²) in [5.74, 6) is -0.457. The molecule has 0 aromatic heterocycles. The molecular weight excluding hydrogens is 333 g/mol. The molecule has 0 bridgehead atoms. The lowest BCUT2D eigenvalue weighted by molar-refractivity contribution is -0.138. The fourth-order valence-corrected chi connectivity index (χ4v) is 3.01. The van der Waals surface area contributed by atoms with E-state index in [1.165, 1.54) is 18.2 Å². The van der Waals surface area contributed by atoms with Crippen molar-refractivity contribution in [3.63, 3.8) is 0 Å². The number of amides is 2. The Morgan fingerprint density at radius 1 is 1.24 bits per heavy atom. The van der Waals surface area contributed by atoms with Gasteiger partial charge < -0.3 is 10.2 Å². The van der Waals surface area contributed by atoms with E-state index in [0.29, 0.717) is 13.0 Å². The SMILES string of the molecule is CC(C)(C)N1C[C@H](CNC(=O)Cc2ccccc2C(F)(F)F)CC1=O. The molecule has 1 N–H and O–H groups in total. The van der Waals surface area contributed by atoms with Crippen LogP contribution < -0.4 is 5.32 Å². The van der Waals surface area contributed by atoms with Crippen LogP contribution in [0.3, 0.4) is 0 Å². The monoisotopic (exact) mass is 356 g/mol. The first-order chi connectivity index (χ1) is 11.5. The first-order valence-corrected chi connectivity index (χ1v) is 8.20. The third-order valence-corrected chi connectivity index (χ3v) is 4.28. The van der Waals surface area contributed by atoms with E-state index in [0.717, 1.165) is 6.07 Å². The Morgan fingerprint density at radius 3 is 2.44 bits per heavy atom. The van der Waals surface area contributed by atoms with E-state index in [9.17, 15) is 22.8 Å². The van der Waals surface area contributed by atoms with Gasteiger partial charge in [0.2, 0.25) is 11.8 Å². The van der Waals surface area contributed by atoms with Crippen molar-refractivity contribution in [2.75, 3.05) is 13.1 Å². The Balaban J connectivity index is 1.92. The van der Waals surface area contributed by atoms with E-state index >= 15 is 0 Å². The van der Waals surface area contributed by atoms with Gasteiger partial charge in [-0.2, -0.15) is 13.2 Å². The summed E-state index contributed by atoms with van der Waals surface area (Å²) in [5.41, 5.74) is -1.12. The van der Waals surface area contributed by atoms with Crippen LogP contribution in [-0.2, 0) is 22.2 Å². The maximum Gasteiger partial charge on any atom is 0.416 e. The van der Waals surface area contributed by atoms with E-state index in [1.807, 2.05) is 20.8 Å². The molecule has 0 unspecified atom stereocenters. The number of hydrogen-bond acceptors (Lipinski definition) is 2. The summed E-state index contributed by atoms with van der Waals surface area (Å²) in [6.45, 7) is 6.66. The average molecular weight is 356 g/mol. The molecule has 1 aliphatic rings. The highest BCUT2D eigenvalue weighted by molar-refractivity contribution is 5.81. The summed E-state index contributed by atoms with van der Waals surface area (Å²) in [6.07, 6.45) is -4.47. The lowest BCUT2D eigenvalue weighted by Gasteiger charge is -2.32. The van der Waals surface area contributed by atoms with E-state index in [4.69, 9.17) is 0 Å². The van der Waals surface area contributed by atoms with Gasteiger partial charge in [0.1, 0.15) is 0 Å². The number of halogens is 3. The molecular formula is C18H23F3N2O2. The van der Waals surface area contributed by atoms with Crippen LogP contribution in [0.2, 0.25) is 0 Å². The highest BCUT2D eigenvalue weighted by atomic mass is 19.4. The second kappa shape index (κ2) is 7.06. The Bertz CT molecular complexity index is 650. The van der Waals surface area contributed by atoms with Crippen LogP contribution in [0.4, 0.5) is 13.2 Å². The molecule has 25 heavy (non-hydrogen) atoms. The molecule has 1 heterocycles. The van der Waals surface area contributed by atoms with Gasteiger partial charge in [-0.1, -0.05) is 18.2 Å².